The van der Waals surface area contributed by atoms with E-state index >= 15 is 0 Å². The molecule has 0 spiro atoms. The Kier molecular flexibility index (Phi) is 4.24. The van der Waals surface area contributed by atoms with Crippen molar-refractivity contribution >= 4 is 17.3 Å². The molecule has 0 unspecified atom stereocenters. The maximum atomic E-state index is 13.1. The number of amides is 1. The second-order valence-corrected chi connectivity index (χ2v) is 6.08. The van der Waals surface area contributed by atoms with E-state index in [1.807, 2.05) is 41.3 Å². The summed E-state index contributed by atoms with van der Waals surface area (Å²) >= 11 is 0. The molecule has 0 bridgehead atoms. The summed E-state index contributed by atoms with van der Waals surface area (Å²) in [6, 6.07) is 15.0. The van der Waals surface area contributed by atoms with Crippen molar-refractivity contribution in [3.05, 3.63) is 54.1 Å². The number of nitrogen functional groups attached to an aromatic ring is 1. The van der Waals surface area contributed by atoms with Crippen LogP contribution >= 0.6 is 0 Å². The van der Waals surface area contributed by atoms with Crippen LogP contribution in [0.3, 0.4) is 0 Å². The van der Waals surface area contributed by atoms with Crippen LogP contribution in [0.1, 0.15) is 30.1 Å². The molecule has 23 heavy (non-hydrogen) atoms. The van der Waals surface area contributed by atoms with Gasteiger partial charge in [-0.2, -0.15) is 0 Å². The van der Waals surface area contributed by atoms with Crippen LogP contribution < -0.4 is 15.4 Å². The van der Waals surface area contributed by atoms with Crippen molar-refractivity contribution in [2.75, 3.05) is 17.7 Å². The first kappa shape index (κ1) is 15.4. The minimum Gasteiger partial charge on any atom is -0.497 e. The molecule has 1 atom stereocenters. The highest BCUT2D eigenvalue weighted by Gasteiger charge is 2.35. The van der Waals surface area contributed by atoms with Gasteiger partial charge in [0, 0.05) is 23.0 Å². The third-order valence-corrected chi connectivity index (χ3v) is 4.41. The highest BCUT2D eigenvalue weighted by molar-refractivity contribution is 6.07. The summed E-state index contributed by atoms with van der Waals surface area (Å²) in [5.74, 6) is 1.34. The Labute approximate surface area is 136 Å². The van der Waals surface area contributed by atoms with Crippen LogP contribution in [0.5, 0.6) is 5.75 Å². The number of nitrogens with zero attached hydrogens (tertiary/aromatic N) is 1. The third kappa shape index (κ3) is 3.31. The third-order valence-electron chi connectivity index (χ3n) is 4.41. The number of rotatable bonds is 5. The van der Waals surface area contributed by atoms with Gasteiger partial charge < -0.3 is 15.4 Å². The monoisotopic (exact) mass is 310 g/mol. The van der Waals surface area contributed by atoms with E-state index in [9.17, 15) is 4.79 Å². The van der Waals surface area contributed by atoms with E-state index in [4.69, 9.17) is 10.5 Å². The summed E-state index contributed by atoms with van der Waals surface area (Å²) in [5.41, 5.74) is 7.94. The summed E-state index contributed by atoms with van der Waals surface area (Å²) in [5, 5.41) is 0. The average molecular weight is 310 g/mol. The van der Waals surface area contributed by atoms with Gasteiger partial charge in [0.05, 0.1) is 7.11 Å². The number of anilines is 2. The zero-order valence-corrected chi connectivity index (χ0v) is 13.5. The van der Waals surface area contributed by atoms with Crippen molar-refractivity contribution < 1.29 is 9.53 Å². The van der Waals surface area contributed by atoms with Gasteiger partial charge in [0.25, 0.3) is 5.91 Å². The first-order chi connectivity index (χ1) is 11.1. The van der Waals surface area contributed by atoms with Gasteiger partial charge in [-0.15, -0.1) is 0 Å². The second-order valence-electron chi connectivity index (χ2n) is 6.08. The number of carbonyl (C=O) groups excluding carboxylic acids is 1. The zero-order chi connectivity index (χ0) is 16.4. The lowest BCUT2D eigenvalue weighted by Crippen LogP contribution is -2.40. The number of carbonyl (C=O) groups is 1. The number of ether oxygens (including phenoxy) is 1. The molecule has 1 aliphatic carbocycles. The molecular formula is C19H22N2O2. The zero-order valence-electron chi connectivity index (χ0n) is 13.5. The molecule has 120 valence electrons. The summed E-state index contributed by atoms with van der Waals surface area (Å²) in [6.45, 7) is 2.12. The molecule has 0 radical (unpaired) electrons. The molecule has 4 nitrogen and oxygen atoms in total. The average Bonchev–Trinajstić information content (AvgIpc) is 3.40. The van der Waals surface area contributed by atoms with E-state index in [1.54, 1.807) is 19.2 Å². The van der Waals surface area contributed by atoms with E-state index in [0.717, 1.165) is 11.4 Å². The fraction of sp³-hybridized carbons (Fsp3) is 0.316. The lowest BCUT2D eigenvalue weighted by molar-refractivity contribution is 0.0975. The molecule has 1 aliphatic rings. The molecule has 1 fully saturated rings. The molecule has 0 aliphatic heterocycles. The van der Waals surface area contributed by atoms with Crippen LogP contribution in [0.2, 0.25) is 0 Å². The standard InChI is InChI=1S/C19H22N2O2/c1-13(14-6-7-14)21(17-8-10-18(23-2)11-9-17)19(22)15-4-3-5-16(20)12-15/h3-5,8-14H,6-7,20H2,1-2H3/t13-/m0/s1. The highest BCUT2D eigenvalue weighted by atomic mass is 16.5. The summed E-state index contributed by atoms with van der Waals surface area (Å²) in [4.78, 5) is 14.9. The molecule has 4 heteroatoms. The maximum absolute atomic E-state index is 13.1. The van der Waals surface area contributed by atoms with E-state index in [1.165, 1.54) is 12.8 Å². The first-order valence-corrected chi connectivity index (χ1v) is 7.93. The Bertz CT molecular complexity index is 693. The number of benzene rings is 2. The van der Waals surface area contributed by atoms with Gasteiger partial charge in [0.1, 0.15) is 5.75 Å². The van der Waals surface area contributed by atoms with Crippen LogP contribution in [0.4, 0.5) is 11.4 Å². The molecule has 0 aromatic heterocycles. The molecule has 2 N–H and O–H groups in total. The predicted molar refractivity (Wildman–Crippen MR) is 92.8 cm³/mol. The number of nitrogens with two attached hydrogens (primary N) is 1. The van der Waals surface area contributed by atoms with Crippen LogP contribution in [0.15, 0.2) is 48.5 Å². The lowest BCUT2D eigenvalue weighted by Gasteiger charge is -2.30. The van der Waals surface area contributed by atoms with Gasteiger partial charge in [-0.05, 0) is 68.1 Å². The largest absolute Gasteiger partial charge is 0.497 e. The molecular weight excluding hydrogens is 288 g/mol. The molecule has 1 saturated carbocycles. The Morgan fingerprint density at radius 2 is 1.91 bits per heavy atom. The van der Waals surface area contributed by atoms with Gasteiger partial charge in [-0.25, -0.2) is 0 Å². The maximum Gasteiger partial charge on any atom is 0.258 e. The summed E-state index contributed by atoms with van der Waals surface area (Å²) in [6.07, 6.45) is 2.36. The van der Waals surface area contributed by atoms with Crippen LogP contribution in [0, 0.1) is 5.92 Å². The quantitative estimate of drug-likeness (QED) is 0.856. The highest BCUT2D eigenvalue weighted by Crippen LogP contribution is 2.38. The number of hydrogen-bond acceptors (Lipinski definition) is 3. The topological polar surface area (TPSA) is 55.6 Å². The van der Waals surface area contributed by atoms with Crippen molar-refractivity contribution in [3.8, 4) is 5.75 Å². The molecule has 0 heterocycles. The normalized spacial score (nSPS) is 15.0. The van der Waals surface area contributed by atoms with Crippen molar-refractivity contribution in [2.45, 2.75) is 25.8 Å². The Balaban J connectivity index is 1.95. The smallest absolute Gasteiger partial charge is 0.258 e. The molecule has 2 aromatic rings. The van der Waals surface area contributed by atoms with E-state index < -0.39 is 0 Å². The Morgan fingerprint density at radius 1 is 1.22 bits per heavy atom. The van der Waals surface area contributed by atoms with Gasteiger partial charge in [0.15, 0.2) is 0 Å². The second kappa shape index (κ2) is 6.32. The van der Waals surface area contributed by atoms with Crippen molar-refractivity contribution in [1.82, 2.24) is 0 Å². The van der Waals surface area contributed by atoms with Crippen molar-refractivity contribution in [1.29, 1.82) is 0 Å². The molecule has 0 saturated heterocycles. The lowest BCUT2D eigenvalue weighted by atomic mass is 10.1. The van der Waals surface area contributed by atoms with Crippen LogP contribution in [-0.4, -0.2) is 19.1 Å². The van der Waals surface area contributed by atoms with E-state index in [-0.39, 0.29) is 11.9 Å². The first-order valence-electron chi connectivity index (χ1n) is 7.93. The number of methoxy groups -OCH3 is 1. The minimum absolute atomic E-state index is 0.0122. The minimum atomic E-state index is -0.0122. The Hall–Kier alpha value is -2.49. The fourth-order valence-electron chi connectivity index (χ4n) is 2.88. The summed E-state index contributed by atoms with van der Waals surface area (Å²) < 4.78 is 5.21. The van der Waals surface area contributed by atoms with E-state index in [0.29, 0.717) is 17.2 Å². The Morgan fingerprint density at radius 3 is 2.48 bits per heavy atom. The molecule has 2 aromatic carbocycles. The van der Waals surface area contributed by atoms with Gasteiger partial charge in [0.2, 0.25) is 0 Å². The van der Waals surface area contributed by atoms with E-state index in [2.05, 4.69) is 6.92 Å². The van der Waals surface area contributed by atoms with Gasteiger partial charge in [-0.3, -0.25) is 4.79 Å². The fourth-order valence-corrected chi connectivity index (χ4v) is 2.88. The SMILES string of the molecule is COc1ccc(N(C(=O)c2cccc(N)c2)[C@@H](C)C2CC2)cc1. The van der Waals surface area contributed by atoms with Gasteiger partial charge >= 0.3 is 0 Å². The molecule has 1 amide bonds. The van der Waals surface area contributed by atoms with Crippen LogP contribution in [-0.2, 0) is 0 Å². The van der Waals surface area contributed by atoms with Crippen molar-refractivity contribution in [3.63, 3.8) is 0 Å². The predicted octanol–water partition coefficient (Wildman–Crippen LogP) is 3.72. The summed E-state index contributed by atoms with van der Waals surface area (Å²) in [7, 11) is 1.64. The molecule has 3 rings (SSSR count). The number of hydrogen-bond donors (Lipinski definition) is 1. The van der Waals surface area contributed by atoms with Crippen LogP contribution in [0.25, 0.3) is 0 Å². The van der Waals surface area contributed by atoms with Crippen molar-refractivity contribution in [2.24, 2.45) is 5.92 Å². The van der Waals surface area contributed by atoms with Gasteiger partial charge in [-0.1, -0.05) is 6.07 Å².